The highest BCUT2D eigenvalue weighted by Gasteiger charge is 2.07. The molecule has 0 rings (SSSR count). The third kappa shape index (κ3) is 7.74. The van der Waals surface area contributed by atoms with E-state index in [9.17, 15) is 4.79 Å². The number of carbonyl (C=O) groups is 1. The van der Waals surface area contributed by atoms with Gasteiger partial charge in [0.2, 0.25) is 0 Å². The second kappa shape index (κ2) is 6.86. The van der Waals surface area contributed by atoms with Crippen LogP contribution in [0.2, 0.25) is 0 Å². The Bertz CT molecular complexity index is 149. The second-order valence-electron chi connectivity index (χ2n) is 3.52. The summed E-state index contributed by atoms with van der Waals surface area (Å²) in [6, 6.07) is -0.431. The van der Waals surface area contributed by atoms with Gasteiger partial charge in [0.05, 0.1) is 0 Å². The predicted octanol–water partition coefficient (Wildman–Crippen LogP) is 0.391. The maximum atomic E-state index is 10.4. The van der Waals surface area contributed by atoms with Crippen molar-refractivity contribution < 1.29 is 9.90 Å². The molecule has 0 bridgehead atoms. The first-order valence-electron chi connectivity index (χ1n) is 4.65. The van der Waals surface area contributed by atoms with E-state index in [4.69, 9.17) is 5.11 Å². The van der Waals surface area contributed by atoms with Gasteiger partial charge >= 0.3 is 5.97 Å². The van der Waals surface area contributed by atoms with Crippen molar-refractivity contribution in [1.29, 1.82) is 0 Å². The molecule has 0 aromatic rings. The van der Waals surface area contributed by atoms with Gasteiger partial charge in [-0.3, -0.25) is 4.79 Å². The van der Waals surface area contributed by atoms with Crippen molar-refractivity contribution in [2.45, 2.75) is 25.8 Å². The highest BCUT2D eigenvalue weighted by molar-refractivity contribution is 5.72. The number of nitrogens with one attached hydrogen (secondary N) is 1. The smallest absolute Gasteiger partial charge is 0.320 e. The second-order valence-corrected chi connectivity index (χ2v) is 3.52. The van der Waals surface area contributed by atoms with Crippen LogP contribution in [0, 0.1) is 0 Å². The average Bonchev–Trinajstić information content (AvgIpc) is 2.02. The zero-order valence-corrected chi connectivity index (χ0v) is 8.71. The fraction of sp³-hybridized carbons (Fsp3) is 0.889. The molecule has 4 nitrogen and oxygen atoms in total. The van der Waals surface area contributed by atoms with Gasteiger partial charge in [-0.25, -0.2) is 0 Å². The van der Waals surface area contributed by atoms with E-state index in [0.717, 1.165) is 25.9 Å². The molecule has 0 aromatic heterocycles. The van der Waals surface area contributed by atoms with Gasteiger partial charge < -0.3 is 15.3 Å². The molecule has 1 atom stereocenters. The van der Waals surface area contributed by atoms with Crippen LogP contribution < -0.4 is 5.32 Å². The van der Waals surface area contributed by atoms with Crippen molar-refractivity contribution in [2.24, 2.45) is 0 Å². The topological polar surface area (TPSA) is 52.6 Å². The molecule has 4 heteroatoms. The molecule has 0 aliphatic carbocycles. The molecule has 0 aromatic carbocycles. The molecule has 2 N–H and O–H groups in total. The highest BCUT2D eigenvalue weighted by Crippen LogP contribution is 1.90. The van der Waals surface area contributed by atoms with Crippen LogP contribution in [0.25, 0.3) is 0 Å². The number of carboxylic acids is 1. The molecule has 0 saturated heterocycles. The Morgan fingerprint density at radius 1 is 1.46 bits per heavy atom. The Balaban J connectivity index is 3.21. The molecule has 0 heterocycles. The van der Waals surface area contributed by atoms with Gasteiger partial charge in [0, 0.05) is 0 Å². The van der Waals surface area contributed by atoms with Gasteiger partial charge in [-0.05, 0) is 47.0 Å². The van der Waals surface area contributed by atoms with Crippen molar-refractivity contribution in [1.82, 2.24) is 10.2 Å². The van der Waals surface area contributed by atoms with Gasteiger partial charge in [-0.1, -0.05) is 0 Å². The highest BCUT2D eigenvalue weighted by atomic mass is 16.4. The summed E-state index contributed by atoms with van der Waals surface area (Å²) in [6.07, 6.45) is 2.13. The molecule has 13 heavy (non-hydrogen) atoms. The van der Waals surface area contributed by atoms with Crippen LogP contribution in [0.1, 0.15) is 19.8 Å². The monoisotopic (exact) mass is 188 g/mol. The fourth-order valence-corrected chi connectivity index (χ4v) is 0.959. The Kier molecular flexibility index (Phi) is 6.54. The Morgan fingerprint density at radius 2 is 2.08 bits per heavy atom. The van der Waals surface area contributed by atoms with E-state index in [-0.39, 0.29) is 0 Å². The third-order valence-corrected chi connectivity index (χ3v) is 1.85. The molecule has 0 amide bonds. The molecule has 0 fully saturated rings. The van der Waals surface area contributed by atoms with E-state index in [2.05, 4.69) is 10.2 Å². The lowest BCUT2D eigenvalue weighted by Crippen LogP contribution is -2.34. The number of rotatable bonds is 7. The summed E-state index contributed by atoms with van der Waals surface area (Å²) >= 11 is 0. The SMILES string of the molecule is CC(NCCCCN(C)C)C(=O)O. The van der Waals surface area contributed by atoms with E-state index in [1.54, 1.807) is 6.92 Å². The van der Waals surface area contributed by atoms with Crippen LogP contribution in [0.3, 0.4) is 0 Å². The molecule has 78 valence electrons. The van der Waals surface area contributed by atoms with E-state index in [0.29, 0.717) is 0 Å². The lowest BCUT2D eigenvalue weighted by atomic mass is 10.2. The first-order valence-corrected chi connectivity index (χ1v) is 4.65. The summed E-state index contributed by atoms with van der Waals surface area (Å²) < 4.78 is 0. The Labute approximate surface area is 79.9 Å². The van der Waals surface area contributed by atoms with E-state index in [1.165, 1.54) is 0 Å². The summed E-state index contributed by atoms with van der Waals surface area (Å²) in [6.45, 7) is 3.50. The van der Waals surface area contributed by atoms with Gasteiger partial charge in [0.1, 0.15) is 6.04 Å². The number of aliphatic carboxylic acids is 1. The lowest BCUT2D eigenvalue weighted by molar-refractivity contribution is -0.138. The van der Waals surface area contributed by atoms with Crippen molar-refractivity contribution in [3.8, 4) is 0 Å². The molecule has 0 saturated carbocycles. The Hall–Kier alpha value is -0.610. The zero-order chi connectivity index (χ0) is 10.3. The average molecular weight is 188 g/mol. The molecule has 1 unspecified atom stereocenters. The molecule has 0 radical (unpaired) electrons. The van der Waals surface area contributed by atoms with Crippen LogP contribution >= 0.6 is 0 Å². The summed E-state index contributed by atoms with van der Waals surface area (Å²) in [5.41, 5.74) is 0. The predicted molar refractivity (Wildman–Crippen MR) is 52.9 cm³/mol. The molecule has 0 aliphatic rings. The molecular formula is C9H20N2O2. The number of carboxylic acid groups (broad SMARTS) is 1. The molecule has 0 aliphatic heterocycles. The van der Waals surface area contributed by atoms with Crippen molar-refractivity contribution in [2.75, 3.05) is 27.2 Å². The quantitative estimate of drug-likeness (QED) is 0.567. The van der Waals surface area contributed by atoms with E-state index < -0.39 is 12.0 Å². The van der Waals surface area contributed by atoms with Crippen LogP contribution in [0.4, 0.5) is 0 Å². The van der Waals surface area contributed by atoms with Crippen molar-refractivity contribution in [3.05, 3.63) is 0 Å². The standard InChI is InChI=1S/C9H20N2O2/c1-8(9(12)13)10-6-4-5-7-11(2)3/h8,10H,4-7H2,1-3H3,(H,12,13). The van der Waals surface area contributed by atoms with Gasteiger partial charge in [-0.2, -0.15) is 0 Å². The number of hydrogen-bond acceptors (Lipinski definition) is 3. The normalized spacial score (nSPS) is 13.2. The maximum absolute atomic E-state index is 10.4. The van der Waals surface area contributed by atoms with Crippen LogP contribution in [0.15, 0.2) is 0 Å². The Morgan fingerprint density at radius 3 is 2.54 bits per heavy atom. The fourth-order valence-electron chi connectivity index (χ4n) is 0.959. The van der Waals surface area contributed by atoms with Gasteiger partial charge in [-0.15, -0.1) is 0 Å². The first kappa shape index (κ1) is 12.4. The van der Waals surface area contributed by atoms with E-state index in [1.807, 2.05) is 14.1 Å². The maximum Gasteiger partial charge on any atom is 0.320 e. The molecular weight excluding hydrogens is 168 g/mol. The number of nitrogens with zero attached hydrogens (tertiary/aromatic N) is 1. The number of hydrogen-bond donors (Lipinski definition) is 2. The summed E-state index contributed by atoms with van der Waals surface area (Å²) in [5, 5.41) is 11.5. The minimum atomic E-state index is -0.785. The van der Waals surface area contributed by atoms with Crippen molar-refractivity contribution in [3.63, 3.8) is 0 Å². The first-order chi connectivity index (χ1) is 6.04. The van der Waals surface area contributed by atoms with Gasteiger partial charge in [0.25, 0.3) is 0 Å². The zero-order valence-electron chi connectivity index (χ0n) is 8.71. The minimum Gasteiger partial charge on any atom is -0.480 e. The minimum absolute atomic E-state index is 0.431. The number of unbranched alkanes of at least 4 members (excludes halogenated alkanes) is 1. The lowest BCUT2D eigenvalue weighted by Gasteiger charge is -2.11. The molecule has 0 spiro atoms. The van der Waals surface area contributed by atoms with Gasteiger partial charge in [0.15, 0.2) is 0 Å². The van der Waals surface area contributed by atoms with Crippen LogP contribution in [-0.2, 0) is 4.79 Å². The largest absolute Gasteiger partial charge is 0.480 e. The van der Waals surface area contributed by atoms with Crippen LogP contribution in [-0.4, -0.2) is 49.2 Å². The van der Waals surface area contributed by atoms with Crippen molar-refractivity contribution >= 4 is 5.97 Å². The van der Waals surface area contributed by atoms with E-state index >= 15 is 0 Å². The summed E-state index contributed by atoms with van der Waals surface area (Å²) in [7, 11) is 4.07. The van der Waals surface area contributed by atoms with Crippen LogP contribution in [0.5, 0.6) is 0 Å². The summed E-state index contributed by atoms with van der Waals surface area (Å²) in [4.78, 5) is 12.5. The third-order valence-electron chi connectivity index (χ3n) is 1.85. The summed E-state index contributed by atoms with van der Waals surface area (Å²) in [5.74, 6) is -0.785.